The number of hydrogen-bond acceptors (Lipinski definition) is 5. The predicted molar refractivity (Wildman–Crippen MR) is 109 cm³/mol. The van der Waals surface area contributed by atoms with E-state index in [1.807, 2.05) is 0 Å². The molecule has 2 aromatic rings. The van der Waals surface area contributed by atoms with Gasteiger partial charge >= 0.3 is 5.97 Å². The van der Waals surface area contributed by atoms with Gasteiger partial charge in [-0.25, -0.2) is 9.18 Å². The van der Waals surface area contributed by atoms with Crippen molar-refractivity contribution in [2.24, 2.45) is 11.3 Å². The predicted octanol–water partition coefficient (Wildman–Crippen LogP) is 4.71. The molecule has 0 spiro atoms. The van der Waals surface area contributed by atoms with Crippen LogP contribution in [0.25, 0.3) is 0 Å². The third-order valence-electron chi connectivity index (χ3n) is 5.25. The fourth-order valence-electron chi connectivity index (χ4n) is 3.52. The summed E-state index contributed by atoms with van der Waals surface area (Å²) >= 11 is 1.42. The number of nitrogens with zero attached hydrogens (tertiary/aromatic N) is 1. The van der Waals surface area contributed by atoms with Crippen LogP contribution >= 0.6 is 11.3 Å². The Morgan fingerprint density at radius 1 is 1.38 bits per heavy atom. The van der Waals surface area contributed by atoms with Gasteiger partial charge in [-0.15, -0.1) is 11.3 Å². The molecule has 0 bridgehead atoms. The van der Waals surface area contributed by atoms with Gasteiger partial charge in [0.25, 0.3) is 5.91 Å². The molecule has 3 rings (SSSR count). The smallest absolute Gasteiger partial charge is 0.338 e. The zero-order valence-electron chi connectivity index (χ0n) is 16.7. The number of thiophene rings is 1. The number of amides is 1. The van der Waals surface area contributed by atoms with Crippen LogP contribution in [0.3, 0.4) is 0 Å². The number of nitrogens with one attached hydrogen (secondary N) is 1. The van der Waals surface area contributed by atoms with Crippen LogP contribution in [0.2, 0.25) is 0 Å². The summed E-state index contributed by atoms with van der Waals surface area (Å²) < 4.78 is 18.2. The lowest BCUT2D eigenvalue weighted by atomic mass is 9.72. The minimum atomic E-state index is -0.779. The van der Waals surface area contributed by atoms with Gasteiger partial charge in [-0.3, -0.25) is 4.79 Å². The third kappa shape index (κ3) is 4.83. The molecule has 5 nitrogen and oxygen atoms in total. The van der Waals surface area contributed by atoms with Crippen molar-refractivity contribution in [2.45, 2.75) is 40.0 Å². The van der Waals surface area contributed by atoms with E-state index >= 15 is 0 Å². The number of carbonyl (C=O) groups is 2. The molecule has 1 N–H and O–H groups in total. The Morgan fingerprint density at radius 3 is 2.79 bits per heavy atom. The normalized spacial score (nSPS) is 15.9. The number of nitriles is 1. The summed E-state index contributed by atoms with van der Waals surface area (Å²) in [5.74, 6) is -1.34. The number of halogens is 1. The fourth-order valence-corrected chi connectivity index (χ4v) is 4.82. The Morgan fingerprint density at radius 2 is 2.14 bits per heavy atom. The van der Waals surface area contributed by atoms with E-state index in [4.69, 9.17) is 4.74 Å². The van der Waals surface area contributed by atoms with Crippen molar-refractivity contribution in [3.63, 3.8) is 0 Å². The number of hydrogen-bond donors (Lipinski definition) is 1. The summed E-state index contributed by atoms with van der Waals surface area (Å²) in [5.41, 5.74) is 1.74. The number of carbonyl (C=O) groups excluding carboxylic acids is 2. The highest BCUT2D eigenvalue weighted by molar-refractivity contribution is 7.16. The van der Waals surface area contributed by atoms with E-state index < -0.39 is 24.3 Å². The molecule has 1 aromatic heterocycles. The van der Waals surface area contributed by atoms with Crippen LogP contribution in [0.15, 0.2) is 24.3 Å². The third-order valence-corrected chi connectivity index (χ3v) is 6.42. The molecule has 1 amide bonds. The SMILES string of the molecule is CC(C)(C)[C@@H]1CCc2c(sc(NC(=O)COC(=O)c3cccc(F)c3)c2C#N)C1. The molecule has 0 radical (unpaired) electrons. The van der Waals surface area contributed by atoms with Gasteiger partial charge in [-0.1, -0.05) is 26.8 Å². The molecular formula is C22H23FN2O3S. The van der Waals surface area contributed by atoms with Crippen molar-refractivity contribution in [1.29, 1.82) is 5.26 Å². The number of esters is 1. The van der Waals surface area contributed by atoms with E-state index in [1.54, 1.807) is 0 Å². The quantitative estimate of drug-likeness (QED) is 0.735. The number of rotatable bonds is 4. The number of ether oxygens (including phenoxy) is 1. The van der Waals surface area contributed by atoms with Gasteiger partial charge in [0.15, 0.2) is 6.61 Å². The van der Waals surface area contributed by atoms with E-state index in [-0.39, 0.29) is 11.0 Å². The Labute approximate surface area is 173 Å². The van der Waals surface area contributed by atoms with Crippen LogP contribution in [-0.4, -0.2) is 18.5 Å². The van der Waals surface area contributed by atoms with E-state index in [2.05, 4.69) is 32.2 Å². The van der Waals surface area contributed by atoms with Crippen molar-refractivity contribution in [2.75, 3.05) is 11.9 Å². The summed E-state index contributed by atoms with van der Waals surface area (Å²) in [7, 11) is 0. The van der Waals surface area contributed by atoms with Gasteiger partial charge < -0.3 is 10.1 Å². The summed E-state index contributed by atoms with van der Waals surface area (Å²) in [5, 5.41) is 12.8. The van der Waals surface area contributed by atoms with Gasteiger partial charge in [0, 0.05) is 4.88 Å². The Kier molecular flexibility index (Phi) is 6.04. The lowest BCUT2D eigenvalue weighted by Gasteiger charge is -2.33. The summed E-state index contributed by atoms with van der Waals surface area (Å²) in [6.07, 6.45) is 2.73. The lowest BCUT2D eigenvalue weighted by molar-refractivity contribution is -0.119. The summed E-state index contributed by atoms with van der Waals surface area (Å²) in [4.78, 5) is 25.3. The van der Waals surface area contributed by atoms with Crippen LogP contribution in [0.5, 0.6) is 0 Å². The second-order valence-electron chi connectivity index (χ2n) is 8.26. The zero-order valence-corrected chi connectivity index (χ0v) is 17.5. The Balaban J connectivity index is 1.66. The maximum absolute atomic E-state index is 13.2. The van der Waals surface area contributed by atoms with Gasteiger partial charge in [-0.2, -0.15) is 5.26 Å². The molecule has 0 aliphatic heterocycles. The first-order valence-corrected chi connectivity index (χ1v) is 10.3. The first kappa shape index (κ1) is 21.0. The van der Waals surface area contributed by atoms with Crippen LogP contribution in [0, 0.1) is 28.5 Å². The van der Waals surface area contributed by atoms with E-state index in [9.17, 15) is 19.2 Å². The van der Waals surface area contributed by atoms with E-state index in [0.29, 0.717) is 16.5 Å². The van der Waals surface area contributed by atoms with Gasteiger partial charge in [-0.05, 0) is 54.4 Å². The van der Waals surface area contributed by atoms with Gasteiger partial charge in [0.05, 0.1) is 11.1 Å². The monoisotopic (exact) mass is 414 g/mol. The van der Waals surface area contributed by atoms with Crippen LogP contribution in [0.1, 0.15) is 53.6 Å². The summed E-state index contributed by atoms with van der Waals surface area (Å²) in [6, 6.07) is 7.28. The van der Waals surface area contributed by atoms with Crippen LogP contribution in [0.4, 0.5) is 9.39 Å². The zero-order chi connectivity index (χ0) is 21.2. The highest BCUT2D eigenvalue weighted by Gasteiger charge is 2.32. The molecule has 29 heavy (non-hydrogen) atoms. The lowest BCUT2D eigenvalue weighted by Crippen LogP contribution is -2.26. The highest BCUT2D eigenvalue weighted by Crippen LogP contribution is 2.43. The van der Waals surface area contributed by atoms with Crippen molar-refractivity contribution in [3.8, 4) is 6.07 Å². The molecule has 1 aliphatic carbocycles. The van der Waals surface area contributed by atoms with E-state index in [0.717, 1.165) is 35.8 Å². The molecule has 0 saturated carbocycles. The van der Waals surface area contributed by atoms with Crippen molar-refractivity contribution >= 4 is 28.2 Å². The second kappa shape index (κ2) is 8.34. The fraction of sp³-hybridized carbons (Fsp3) is 0.409. The standard InChI is InChI=1S/C22H23FN2O3S/c1-22(2,3)14-7-8-16-17(11-24)20(29-18(16)10-14)25-19(26)12-28-21(27)13-5-4-6-15(23)9-13/h4-6,9,14H,7-8,10,12H2,1-3H3,(H,25,26)/t14-/m1/s1. The maximum atomic E-state index is 13.2. The molecule has 0 unspecified atom stereocenters. The topological polar surface area (TPSA) is 79.2 Å². The summed E-state index contributed by atoms with van der Waals surface area (Å²) in [6.45, 7) is 6.15. The van der Waals surface area contributed by atoms with Gasteiger partial charge in [0.1, 0.15) is 16.9 Å². The number of anilines is 1. The van der Waals surface area contributed by atoms with Crippen LogP contribution in [-0.2, 0) is 22.4 Å². The molecule has 7 heteroatoms. The first-order chi connectivity index (χ1) is 13.7. The van der Waals surface area contributed by atoms with Crippen LogP contribution < -0.4 is 5.32 Å². The van der Waals surface area contributed by atoms with Crippen molar-refractivity contribution < 1.29 is 18.7 Å². The average molecular weight is 415 g/mol. The molecule has 152 valence electrons. The minimum Gasteiger partial charge on any atom is -0.452 e. The molecular weight excluding hydrogens is 391 g/mol. The molecule has 1 atom stereocenters. The molecule has 1 heterocycles. The van der Waals surface area contributed by atoms with E-state index in [1.165, 1.54) is 29.5 Å². The molecule has 0 fully saturated rings. The highest BCUT2D eigenvalue weighted by atomic mass is 32.1. The number of benzene rings is 1. The molecule has 0 saturated heterocycles. The minimum absolute atomic E-state index is 0.0373. The number of fused-ring (bicyclic) bond motifs is 1. The second-order valence-corrected chi connectivity index (χ2v) is 9.37. The first-order valence-electron chi connectivity index (χ1n) is 9.46. The largest absolute Gasteiger partial charge is 0.452 e. The van der Waals surface area contributed by atoms with Gasteiger partial charge in [0.2, 0.25) is 0 Å². The molecule has 1 aromatic carbocycles. The average Bonchev–Trinajstić information content (AvgIpc) is 3.01. The Hall–Kier alpha value is -2.72. The Bertz CT molecular complexity index is 985. The molecule has 1 aliphatic rings. The van der Waals surface area contributed by atoms with Crippen molar-refractivity contribution in [1.82, 2.24) is 0 Å². The maximum Gasteiger partial charge on any atom is 0.338 e. The van der Waals surface area contributed by atoms with Crippen molar-refractivity contribution in [3.05, 3.63) is 51.7 Å².